The number of rotatable bonds is 2. The quantitative estimate of drug-likeness (QED) is 0.289. The molecule has 2 heterocycles. The molecule has 33 heavy (non-hydrogen) atoms. The molecule has 0 bridgehead atoms. The average Bonchev–Trinajstić information content (AvgIpc) is 3.61. The maximum atomic E-state index is 5.06. The number of nitrogens with zero attached hydrogens (tertiary/aromatic N) is 2. The average molecular weight is 422 g/mol. The molecule has 4 nitrogen and oxygen atoms in total. The molecule has 154 valence electrons. The number of nitrogens with one attached hydrogen (secondary N) is 2. The second-order valence-corrected chi connectivity index (χ2v) is 8.83. The van der Waals surface area contributed by atoms with Gasteiger partial charge in [0, 0.05) is 5.56 Å². The molecule has 1 aliphatic rings. The number of imidazole rings is 2. The van der Waals surface area contributed by atoms with E-state index in [1.54, 1.807) is 0 Å². The van der Waals surface area contributed by atoms with Gasteiger partial charge in [0.15, 0.2) is 0 Å². The zero-order chi connectivity index (χ0) is 21.5. The summed E-state index contributed by atoms with van der Waals surface area (Å²) in [6.45, 7) is 0. The molecular weight excluding hydrogens is 404 g/mol. The van der Waals surface area contributed by atoms with E-state index in [1.165, 1.54) is 32.3 Å². The number of hydrogen-bond acceptors (Lipinski definition) is 2. The Balaban J connectivity index is 1.39. The van der Waals surface area contributed by atoms with Gasteiger partial charge in [-0.3, -0.25) is 0 Å². The van der Waals surface area contributed by atoms with Crippen molar-refractivity contribution in [3.05, 3.63) is 96.9 Å². The zero-order valence-electron chi connectivity index (χ0n) is 17.6. The molecule has 1 aliphatic carbocycles. The first-order valence-corrected chi connectivity index (χ1v) is 11.2. The Morgan fingerprint density at radius 2 is 1.27 bits per heavy atom. The fraction of sp³-hybridized carbons (Fsp3) is 0.0345. The van der Waals surface area contributed by atoms with Gasteiger partial charge in [-0.25, -0.2) is 9.97 Å². The van der Waals surface area contributed by atoms with Crippen molar-refractivity contribution < 1.29 is 0 Å². The SMILES string of the molecule is C1=CC(c2nc3c(ccc4[nH]c(-c5ccc6ccc7cccc8ccc5c6c78)nc43)[nH]2)C=C1. The minimum absolute atomic E-state index is 0.198. The van der Waals surface area contributed by atoms with Crippen molar-refractivity contribution in [2.24, 2.45) is 0 Å². The molecule has 0 saturated carbocycles. The molecule has 0 aliphatic heterocycles. The fourth-order valence-electron chi connectivity index (χ4n) is 5.40. The molecule has 2 aromatic heterocycles. The van der Waals surface area contributed by atoms with Crippen LogP contribution in [0, 0.1) is 0 Å². The third-order valence-corrected chi connectivity index (χ3v) is 6.97. The number of aromatic amines is 2. The number of allylic oxidation sites excluding steroid dienone is 4. The number of H-pyrrole nitrogens is 2. The van der Waals surface area contributed by atoms with Gasteiger partial charge < -0.3 is 9.97 Å². The monoisotopic (exact) mass is 422 g/mol. The van der Waals surface area contributed by atoms with Crippen LogP contribution in [-0.4, -0.2) is 19.9 Å². The molecule has 4 heteroatoms. The van der Waals surface area contributed by atoms with Crippen molar-refractivity contribution in [2.45, 2.75) is 5.92 Å². The lowest BCUT2D eigenvalue weighted by Gasteiger charge is -2.12. The van der Waals surface area contributed by atoms with Crippen LogP contribution in [0.4, 0.5) is 0 Å². The predicted molar refractivity (Wildman–Crippen MR) is 136 cm³/mol. The molecular formula is C29H18N4. The molecule has 0 amide bonds. The lowest BCUT2D eigenvalue weighted by Crippen LogP contribution is -1.90. The van der Waals surface area contributed by atoms with Crippen molar-refractivity contribution in [3.8, 4) is 11.4 Å². The van der Waals surface area contributed by atoms with Crippen molar-refractivity contribution in [3.63, 3.8) is 0 Å². The van der Waals surface area contributed by atoms with Gasteiger partial charge in [-0.2, -0.15) is 0 Å². The summed E-state index contributed by atoms with van der Waals surface area (Å²) in [4.78, 5) is 17.0. The van der Waals surface area contributed by atoms with Gasteiger partial charge >= 0.3 is 0 Å². The van der Waals surface area contributed by atoms with Gasteiger partial charge in [-0.1, -0.05) is 78.9 Å². The number of aromatic nitrogens is 4. The van der Waals surface area contributed by atoms with Crippen molar-refractivity contribution in [1.29, 1.82) is 0 Å². The molecule has 8 rings (SSSR count). The van der Waals surface area contributed by atoms with Crippen LogP contribution in [0.1, 0.15) is 11.7 Å². The van der Waals surface area contributed by atoms with E-state index in [9.17, 15) is 0 Å². The minimum atomic E-state index is 0.198. The Morgan fingerprint density at radius 3 is 2.09 bits per heavy atom. The lowest BCUT2D eigenvalue weighted by atomic mass is 9.92. The van der Waals surface area contributed by atoms with Gasteiger partial charge in [0.1, 0.15) is 22.7 Å². The van der Waals surface area contributed by atoms with Crippen LogP contribution in [0.25, 0.3) is 65.8 Å². The topological polar surface area (TPSA) is 57.4 Å². The van der Waals surface area contributed by atoms with E-state index in [0.29, 0.717) is 0 Å². The molecule has 0 unspecified atom stereocenters. The molecule has 0 atom stereocenters. The molecule has 0 spiro atoms. The highest BCUT2D eigenvalue weighted by Crippen LogP contribution is 2.39. The van der Waals surface area contributed by atoms with Crippen LogP contribution in [0.2, 0.25) is 0 Å². The Morgan fingerprint density at radius 1 is 0.606 bits per heavy atom. The molecule has 5 aromatic carbocycles. The summed E-state index contributed by atoms with van der Waals surface area (Å²) in [5.41, 5.74) is 4.94. The van der Waals surface area contributed by atoms with Gasteiger partial charge in [-0.05, 0) is 44.5 Å². The standard InChI is InChI=1S/C29H18N4/c1-2-5-19(4-1)28-30-22-14-15-23-27(26(22)32-28)33-29(31-23)21-13-11-18-9-8-16-6-3-7-17-10-12-20(21)25(18)24(16)17/h1-15,19H,(H,30,32)(H,31,33). The predicted octanol–water partition coefficient (Wildman–Crippen LogP) is 7.21. The summed E-state index contributed by atoms with van der Waals surface area (Å²) in [7, 11) is 0. The van der Waals surface area contributed by atoms with E-state index < -0.39 is 0 Å². The Labute approximate surface area is 188 Å². The second kappa shape index (κ2) is 6.08. The Kier molecular flexibility index (Phi) is 3.16. The van der Waals surface area contributed by atoms with E-state index >= 15 is 0 Å². The van der Waals surface area contributed by atoms with Crippen LogP contribution in [0.5, 0.6) is 0 Å². The van der Waals surface area contributed by atoms with Crippen molar-refractivity contribution in [2.75, 3.05) is 0 Å². The first kappa shape index (κ1) is 17.2. The summed E-state index contributed by atoms with van der Waals surface area (Å²) >= 11 is 0. The first-order chi connectivity index (χ1) is 16.3. The van der Waals surface area contributed by atoms with Gasteiger partial charge in [0.05, 0.1) is 17.0 Å². The zero-order valence-corrected chi connectivity index (χ0v) is 17.6. The van der Waals surface area contributed by atoms with Crippen LogP contribution < -0.4 is 0 Å². The summed E-state index contributed by atoms with van der Waals surface area (Å²) in [6, 6.07) is 23.9. The number of fused-ring (bicyclic) bond motifs is 3. The van der Waals surface area contributed by atoms with Gasteiger partial charge in [0.25, 0.3) is 0 Å². The van der Waals surface area contributed by atoms with Gasteiger partial charge in [0.2, 0.25) is 0 Å². The lowest BCUT2D eigenvalue weighted by molar-refractivity contribution is 0.971. The summed E-state index contributed by atoms with van der Waals surface area (Å²) in [6.07, 6.45) is 8.42. The molecule has 0 fully saturated rings. The smallest absolute Gasteiger partial charge is 0.139 e. The van der Waals surface area contributed by atoms with Gasteiger partial charge in [-0.15, -0.1) is 0 Å². The summed E-state index contributed by atoms with van der Waals surface area (Å²) in [5, 5.41) is 7.64. The van der Waals surface area contributed by atoms with E-state index in [-0.39, 0.29) is 5.92 Å². The van der Waals surface area contributed by atoms with E-state index in [4.69, 9.17) is 9.97 Å². The molecule has 0 radical (unpaired) electrons. The normalized spacial score (nSPS) is 14.3. The van der Waals surface area contributed by atoms with Crippen LogP contribution in [0.3, 0.4) is 0 Å². The largest absolute Gasteiger partial charge is 0.341 e. The third-order valence-electron chi connectivity index (χ3n) is 6.97. The Hall–Kier alpha value is -4.44. The molecule has 7 aromatic rings. The fourth-order valence-corrected chi connectivity index (χ4v) is 5.40. The highest BCUT2D eigenvalue weighted by atomic mass is 15.0. The maximum Gasteiger partial charge on any atom is 0.139 e. The summed E-state index contributed by atoms with van der Waals surface area (Å²) in [5.74, 6) is 2.03. The van der Waals surface area contributed by atoms with E-state index in [2.05, 4.69) is 101 Å². The highest BCUT2D eigenvalue weighted by Gasteiger charge is 2.18. The number of benzene rings is 5. The summed E-state index contributed by atoms with van der Waals surface area (Å²) < 4.78 is 0. The van der Waals surface area contributed by atoms with E-state index in [1.807, 2.05) is 0 Å². The van der Waals surface area contributed by atoms with Crippen molar-refractivity contribution in [1.82, 2.24) is 19.9 Å². The minimum Gasteiger partial charge on any atom is -0.341 e. The van der Waals surface area contributed by atoms with E-state index in [0.717, 1.165) is 39.3 Å². The maximum absolute atomic E-state index is 5.06. The van der Waals surface area contributed by atoms with Crippen LogP contribution in [0.15, 0.2) is 91.0 Å². The van der Waals surface area contributed by atoms with Crippen molar-refractivity contribution >= 4 is 54.4 Å². The van der Waals surface area contributed by atoms with Crippen LogP contribution >= 0.6 is 0 Å². The Bertz CT molecular complexity index is 1900. The third kappa shape index (κ3) is 2.30. The highest BCUT2D eigenvalue weighted by molar-refractivity contribution is 6.25. The number of hydrogen-bond donors (Lipinski definition) is 2. The molecule has 2 N–H and O–H groups in total. The molecule has 0 saturated heterocycles. The second-order valence-electron chi connectivity index (χ2n) is 8.83. The van der Waals surface area contributed by atoms with Crippen LogP contribution in [-0.2, 0) is 0 Å². The first-order valence-electron chi connectivity index (χ1n) is 11.2.